The molecule has 0 unspecified atom stereocenters. The number of imidazole rings is 1. The minimum Gasteiger partial charge on any atom is -0.434 e. The summed E-state index contributed by atoms with van der Waals surface area (Å²) >= 11 is 0. The third-order valence-electron chi connectivity index (χ3n) is 7.89. The van der Waals surface area contributed by atoms with E-state index in [1.165, 1.54) is 11.3 Å². The van der Waals surface area contributed by atoms with E-state index in [0.29, 0.717) is 24.2 Å². The van der Waals surface area contributed by atoms with Gasteiger partial charge in [0.25, 0.3) is 0 Å². The third-order valence-corrected chi connectivity index (χ3v) is 7.89. The van der Waals surface area contributed by atoms with Gasteiger partial charge in [-0.2, -0.15) is 8.78 Å². The van der Waals surface area contributed by atoms with E-state index in [-0.39, 0.29) is 5.75 Å². The number of ether oxygens (including phenoxy) is 1. The molecule has 0 saturated heterocycles. The van der Waals surface area contributed by atoms with Crippen LogP contribution in [0.3, 0.4) is 0 Å². The molecule has 44 heavy (non-hydrogen) atoms. The predicted molar refractivity (Wildman–Crippen MR) is 176 cm³/mol. The van der Waals surface area contributed by atoms with Crippen molar-refractivity contribution >= 4 is 0 Å². The number of rotatable bonds is 13. The fourth-order valence-corrected chi connectivity index (χ4v) is 5.91. The number of aromatic nitrogens is 2. The number of allylic oxidation sites excluding steroid dienone is 5. The number of halogens is 2. The average molecular weight is 594 g/mol. The average Bonchev–Trinajstić information content (AvgIpc) is 3.16. The molecular formula is C38H41F2N3O. The second-order valence-electron chi connectivity index (χ2n) is 11.4. The number of benzene rings is 3. The number of unbranched alkanes of at least 4 members (excludes halogenated alkanes) is 1. The van der Waals surface area contributed by atoms with E-state index in [1.54, 1.807) is 0 Å². The summed E-state index contributed by atoms with van der Waals surface area (Å²) < 4.78 is 33.5. The van der Waals surface area contributed by atoms with Crippen molar-refractivity contribution in [1.82, 2.24) is 14.5 Å². The first-order valence-electron chi connectivity index (χ1n) is 15.4. The Balaban J connectivity index is 1.59. The molecule has 0 atom stereocenters. The second-order valence-corrected chi connectivity index (χ2v) is 11.4. The van der Waals surface area contributed by atoms with Crippen molar-refractivity contribution in [3.63, 3.8) is 0 Å². The number of alkyl halides is 2. The first kappa shape index (κ1) is 31.1. The van der Waals surface area contributed by atoms with Gasteiger partial charge in [0.1, 0.15) is 11.6 Å². The first-order chi connectivity index (χ1) is 21.4. The van der Waals surface area contributed by atoms with Gasteiger partial charge in [0, 0.05) is 37.3 Å². The molecule has 0 saturated carbocycles. The quantitative estimate of drug-likeness (QED) is 0.155. The molecule has 0 radical (unpaired) electrons. The van der Waals surface area contributed by atoms with E-state index < -0.39 is 6.61 Å². The highest BCUT2D eigenvalue weighted by Crippen LogP contribution is 2.33. The zero-order valence-corrected chi connectivity index (χ0v) is 25.8. The molecule has 1 heterocycles. The highest BCUT2D eigenvalue weighted by molar-refractivity contribution is 5.68. The van der Waals surface area contributed by atoms with Crippen LogP contribution in [0.1, 0.15) is 48.6 Å². The maximum absolute atomic E-state index is 13.1. The Morgan fingerprint density at radius 1 is 0.864 bits per heavy atom. The Morgan fingerprint density at radius 3 is 2.20 bits per heavy atom. The number of nitrogens with zero attached hydrogens (tertiary/aromatic N) is 3. The van der Waals surface area contributed by atoms with Crippen LogP contribution >= 0.6 is 0 Å². The van der Waals surface area contributed by atoms with Crippen LogP contribution in [-0.2, 0) is 19.6 Å². The van der Waals surface area contributed by atoms with Crippen molar-refractivity contribution < 1.29 is 13.5 Å². The summed E-state index contributed by atoms with van der Waals surface area (Å²) in [4.78, 5) is 7.75. The van der Waals surface area contributed by atoms with Gasteiger partial charge < -0.3 is 9.30 Å². The van der Waals surface area contributed by atoms with E-state index in [0.717, 1.165) is 60.6 Å². The summed E-state index contributed by atoms with van der Waals surface area (Å²) in [5.74, 6) is 1.24. The van der Waals surface area contributed by atoms with E-state index in [2.05, 4.69) is 95.3 Å². The van der Waals surface area contributed by atoms with Gasteiger partial charge in [-0.1, -0.05) is 122 Å². The maximum Gasteiger partial charge on any atom is 0.387 e. The normalized spacial score (nSPS) is 13.0. The molecule has 0 bridgehead atoms. The summed E-state index contributed by atoms with van der Waals surface area (Å²) in [6.45, 7) is 5.99. The Kier molecular flexibility index (Phi) is 10.6. The summed E-state index contributed by atoms with van der Waals surface area (Å²) in [6, 6.07) is 24.8. The molecule has 1 aromatic heterocycles. The topological polar surface area (TPSA) is 30.3 Å². The Hall–Kier alpha value is -4.29. The Morgan fingerprint density at radius 2 is 1.55 bits per heavy atom. The van der Waals surface area contributed by atoms with E-state index in [9.17, 15) is 8.78 Å². The Bertz CT molecular complexity index is 1600. The van der Waals surface area contributed by atoms with Gasteiger partial charge in [0.15, 0.2) is 0 Å². The lowest BCUT2D eigenvalue weighted by atomic mass is 10.0. The van der Waals surface area contributed by atoms with Crippen molar-refractivity contribution in [1.29, 1.82) is 0 Å². The standard InChI is InChI=1S/C38H41F2N3O/c1-4-5-22-43-34(35(32-18-12-8-13-19-32)41-37(43)33-20-14-9-15-21-33)27-42(25-30-16-10-6-7-11-17-30)26-31-23-28(2)36(29(3)24-31)44-38(39)40/h6-16,18-21,23-24,38H,4-5,17,22,25-27H2,1-3H3. The minimum absolute atomic E-state index is 0.258. The number of hydrogen-bond acceptors (Lipinski definition) is 3. The van der Waals surface area contributed by atoms with Crippen LogP contribution < -0.4 is 4.74 Å². The van der Waals surface area contributed by atoms with Crippen molar-refractivity contribution in [3.05, 3.63) is 131 Å². The fourth-order valence-electron chi connectivity index (χ4n) is 5.91. The smallest absolute Gasteiger partial charge is 0.387 e. The van der Waals surface area contributed by atoms with Gasteiger partial charge in [-0.3, -0.25) is 4.90 Å². The summed E-state index contributed by atoms with van der Waals surface area (Å²) in [5, 5.41) is 0. The molecule has 228 valence electrons. The van der Waals surface area contributed by atoms with Crippen LogP contribution in [0.15, 0.2) is 109 Å². The molecule has 5 rings (SSSR count). The minimum atomic E-state index is -2.85. The number of hydrogen-bond donors (Lipinski definition) is 0. The monoisotopic (exact) mass is 593 g/mol. The summed E-state index contributed by atoms with van der Waals surface area (Å²) in [5.41, 5.74) is 8.16. The van der Waals surface area contributed by atoms with Gasteiger partial charge >= 0.3 is 6.61 Å². The van der Waals surface area contributed by atoms with Gasteiger partial charge in [0.05, 0.1) is 11.4 Å². The molecular weight excluding hydrogens is 552 g/mol. The zero-order chi connectivity index (χ0) is 30.9. The van der Waals surface area contributed by atoms with Crippen molar-refractivity contribution in [3.8, 4) is 28.4 Å². The van der Waals surface area contributed by atoms with E-state index in [1.807, 2.05) is 38.1 Å². The van der Waals surface area contributed by atoms with E-state index >= 15 is 0 Å². The van der Waals surface area contributed by atoms with Crippen molar-refractivity contribution in [2.75, 3.05) is 6.54 Å². The summed E-state index contributed by atoms with van der Waals surface area (Å²) in [6.07, 6.45) is 13.6. The van der Waals surface area contributed by atoms with Gasteiger partial charge in [-0.25, -0.2) is 4.98 Å². The zero-order valence-electron chi connectivity index (χ0n) is 25.8. The lowest BCUT2D eigenvalue weighted by Crippen LogP contribution is -2.27. The van der Waals surface area contributed by atoms with Gasteiger partial charge in [0.2, 0.25) is 0 Å². The highest BCUT2D eigenvalue weighted by atomic mass is 19.3. The molecule has 0 spiro atoms. The van der Waals surface area contributed by atoms with Crippen LogP contribution in [-0.4, -0.2) is 27.6 Å². The van der Waals surface area contributed by atoms with Gasteiger partial charge in [-0.15, -0.1) is 0 Å². The second kappa shape index (κ2) is 14.9. The van der Waals surface area contributed by atoms with Crippen LogP contribution in [0.5, 0.6) is 5.75 Å². The number of aryl methyl sites for hydroxylation is 2. The molecule has 0 N–H and O–H groups in total. The van der Waals surface area contributed by atoms with Crippen molar-refractivity contribution in [2.45, 2.75) is 66.3 Å². The van der Waals surface area contributed by atoms with Crippen LogP contribution in [0.2, 0.25) is 0 Å². The van der Waals surface area contributed by atoms with Crippen LogP contribution in [0.4, 0.5) is 8.78 Å². The van der Waals surface area contributed by atoms with Crippen LogP contribution in [0.25, 0.3) is 22.6 Å². The molecule has 0 fully saturated rings. The molecule has 6 heteroatoms. The molecule has 0 aliphatic heterocycles. The summed E-state index contributed by atoms with van der Waals surface area (Å²) in [7, 11) is 0. The molecule has 4 nitrogen and oxygen atoms in total. The van der Waals surface area contributed by atoms with Gasteiger partial charge in [-0.05, 0) is 43.4 Å². The van der Waals surface area contributed by atoms with E-state index in [4.69, 9.17) is 9.72 Å². The SMILES string of the molecule is CCCCn1c(-c2ccccc2)nc(-c2ccccc2)c1CN(CC1=CC=CC=CC1)Cc1cc(C)c(OC(F)F)c(C)c1. The molecule has 3 aromatic carbocycles. The molecule has 1 aliphatic rings. The fraction of sp³-hybridized carbons (Fsp3) is 0.289. The largest absolute Gasteiger partial charge is 0.434 e. The lowest BCUT2D eigenvalue weighted by molar-refractivity contribution is -0.0507. The molecule has 0 amide bonds. The molecule has 4 aromatic rings. The maximum atomic E-state index is 13.1. The van der Waals surface area contributed by atoms with Crippen LogP contribution in [0, 0.1) is 13.8 Å². The molecule has 1 aliphatic carbocycles. The van der Waals surface area contributed by atoms with Crippen molar-refractivity contribution in [2.24, 2.45) is 0 Å². The lowest BCUT2D eigenvalue weighted by Gasteiger charge is -2.26. The third kappa shape index (κ3) is 7.80. The first-order valence-corrected chi connectivity index (χ1v) is 15.4. The predicted octanol–water partition coefficient (Wildman–Crippen LogP) is 9.68. The Labute approximate surface area is 260 Å². The highest BCUT2D eigenvalue weighted by Gasteiger charge is 2.23.